The smallest absolute Gasteiger partial charge is 0.255 e. The number of nitrogens with one attached hydrogen (secondary N) is 2. The number of hydrogen-bond acceptors (Lipinski definition) is 5. The number of halogens is 1. The van der Waals surface area contributed by atoms with Gasteiger partial charge < -0.3 is 20.1 Å². The fraction of sp³-hybridized carbons (Fsp3) is 0.100. The standard InChI is InChI=1S/C20H18FN3O3/c1-26-17-8-7-14(12-18(17)27-2)23-19-11-13(9-10-22-19)20(25)24-16-6-4-3-5-15(16)21/h3-12H,1-2H3,(H,22,23)(H,24,25). The average Bonchev–Trinajstić information content (AvgIpc) is 2.69. The molecule has 2 N–H and O–H groups in total. The number of nitrogens with zero attached hydrogens (tertiary/aromatic N) is 1. The summed E-state index contributed by atoms with van der Waals surface area (Å²) in [4.78, 5) is 16.6. The quantitative estimate of drug-likeness (QED) is 0.682. The number of rotatable bonds is 6. The summed E-state index contributed by atoms with van der Waals surface area (Å²) >= 11 is 0. The van der Waals surface area contributed by atoms with E-state index in [9.17, 15) is 9.18 Å². The van der Waals surface area contributed by atoms with Crippen LogP contribution in [0.25, 0.3) is 0 Å². The zero-order valence-electron chi connectivity index (χ0n) is 14.8. The molecule has 0 saturated heterocycles. The van der Waals surface area contributed by atoms with Crippen molar-refractivity contribution in [3.05, 3.63) is 72.2 Å². The minimum Gasteiger partial charge on any atom is -0.493 e. The highest BCUT2D eigenvalue weighted by Gasteiger charge is 2.11. The molecular weight excluding hydrogens is 349 g/mol. The number of hydrogen-bond donors (Lipinski definition) is 2. The Bertz CT molecular complexity index is 963. The van der Waals surface area contributed by atoms with Crippen LogP contribution >= 0.6 is 0 Å². The summed E-state index contributed by atoms with van der Waals surface area (Å²) in [6.07, 6.45) is 1.50. The normalized spacial score (nSPS) is 10.2. The third kappa shape index (κ3) is 4.33. The predicted octanol–water partition coefficient (Wildman–Crippen LogP) is 4.23. The van der Waals surface area contributed by atoms with Crippen molar-refractivity contribution in [3.8, 4) is 11.5 Å². The molecule has 6 nitrogen and oxygen atoms in total. The van der Waals surface area contributed by atoms with Crippen molar-refractivity contribution < 1.29 is 18.7 Å². The molecule has 3 aromatic rings. The maximum absolute atomic E-state index is 13.7. The first-order valence-electron chi connectivity index (χ1n) is 8.11. The second-order valence-corrected chi connectivity index (χ2v) is 5.56. The van der Waals surface area contributed by atoms with E-state index in [2.05, 4.69) is 15.6 Å². The molecule has 1 heterocycles. The van der Waals surface area contributed by atoms with E-state index >= 15 is 0 Å². The first-order chi connectivity index (χ1) is 13.1. The van der Waals surface area contributed by atoms with E-state index in [1.54, 1.807) is 56.7 Å². The van der Waals surface area contributed by atoms with Gasteiger partial charge >= 0.3 is 0 Å². The first-order valence-corrected chi connectivity index (χ1v) is 8.11. The first kappa shape index (κ1) is 18.2. The van der Waals surface area contributed by atoms with Crippen LogP contribution in [0.4, 0.5) is 21.6 Å². The zero-order valence-corrected chi connectivity index (χ0v) is 14.8. The predicted molar refractivity (Wildman–Crippen MR) is 101 cm³/mol. The number of benzene rings is 2. The summed E-state index contributed by atoms with van der Waals surface area (Å²) in [5, 5.41) is 5.64. The van der Waals surface area contributed by atoms with Gasteiger partial charge in [0.05, 0.1) is 19.9 Å². The molecule has 0 atom stereocenters. The SMILES string of the molecule is COc1ccc(Nc2cc(C(=O)Nc3ccccc3F)ccn2)cc1OC. The van der Waals surface area contributed by atoms with Crippen LogP contribution in [0.1, 0.15) is 10.4 Å². The fourth-order valence-electron chi connectivity index (χ4n) is 2.46. The van der Waals surface area contributed by atoms with Gasteiger partial charge in [-0.25, -0.2) is 9.37 Å². The summed E-state index contributed by atoms with van der Waals surface area (Å²) in [5.41, 5.74) is 1.18. The van der Waals surface area contributed by atoms with Gasteiger partial charge in [-0.3, -0.25) is 4.79 Å². The van der Waals surface area contributed by atoms with Gasteiger partial charge in [0.2, 0.25) is 0 Å². The van der Waals surface area contributed by atoms with E-state index in [1.807, 2.05) is 0 Å². The van der Waals surface area contributed by atoms with Gasteiger partial charge in [-0.2, -0.15) is 0 Å². The van der Waals surface area contributed by atoms with Crippen LogP contribution in [0.15, 0.2) is 60.8 Å². The number of amides is 1. The molecule has 0 aliphatic rings. The molecule has 0 aliphatic heterocycles. The number of aromatic nitrogens is 1. The molecule has 1 aromatic heterocycles. The van der Waals surface area contributed by atoms with E-state index < -0.39 is 11.7 Å². The van der Waals surface area contributed by atoms with Crippen LogP contribution in [-0.2, 0) is 0 Å². The van der Waals surface area contributed by atoms with Crippen molar-refractivity contribution in [2.75, 3.05) is 24.9 Å². The van der Waals surface area contributed by atoms with Crippen molar-refractivity contribution in [1.82, 2.24) is 4.98 Å². The van der Waals surface area contributed by atoms with Crippen LogP contribution < -0.4 is 20.1 Å². The molecule has 0 spiro atoms. The van der Waals surface area contributed by atoms with E-state index in [1.165, 1.54) is 18.3 Å². The summed E-state index contributed by atoms with van der Waals surface area (Å²) in [6.45, 7) is 0. The third-order valence-corrected chi connectivity index (χ3v) is 3.80. The molecule has 0 unspecified atom stereocenters. The Balaban J connectivity index is 1.77. The van der Waals surface area contributed by atoms with E-state index in [4.69, 9.17) is 9.47 Å². The number of methoxy groups -OCH3 is 2. The number of para-hydroxylation sites is 1. The van der Waals surface area contributed by atoms with E-state index in [-0.39, 0.29) is 5.69 Å². The molecule has 0 aliphatic carbocycles. The largest absolute Gasteiger partial charge is 0.493 e. The Morgan fingerprint density at radius 3 is 2.52 bits per heavy atom. The summed E-state index contributed by atoms with van der Waals surface area (Å²) < 4.78 is 24.2. The maximum Gasteiger partial charge on any atom is 0.255 e. The zero-order chi connectivity index (χ0) is 19.2. The highest BCUT2D eigenvalue weighted by molar-refractivity contribution is 6.04. The van der Waals surface area contributed by atoms with Gasteiger partial charge in [0.1, 0.15) is 11.6 Å². The van der Waals surface area contributed by atoms with Crippen molar-refractivity contribution in [2.45, 2.75) is 0 Å². The lowest BCUT2D eigenvalue weighted by Gasteiger charge is -2.11. The number of pyridine rings is 1. The third-order valence-electron chi connectivity index (χ3n) is 3.80. The van der Waals surface area contributed by atoms with Gasteiger partial charge in [0, 0.05) is 23.5 Å². The number of carbonyl (C=O) groups is 1. The molecule has 138 valence electrons. The molecule has 7 heteroatoms. The minimum absolute atomic E-state index is 0.119. The van der Waals surface area contributed by atoms with Gasteiger partial charge in [-0.05, 0) is 36.4 Å². The molecule has 1 amide bonds. The van der Waals surface area contributed by atoms with Crippen LogP contribution in [0.5, 0.6) is 11.5 Å². The van der Waals surface area contributed by atoms with Crippen molar-refractivity contribution in [1.29, 1.82) is 0 Å². The fourth-order valence-corrected chi connectivity index (χ4v) is 2.46. The molecule has 0 fully saturated rings. The Labute approximate surface area is 156 Å². The summed E-state index contributed by atoms with van der Waals surface area (Å²) in [7, 11) is 3.11. The van der Waals surface area contributed by atoms with Crippen LogP contribution in [0.3, 0.4) is 0 Å². The Hall–Kier alpha value is -3.61. The van der Waals surface area contributed by atoms with Crippen LogP contribution in [0.2, 0.25) is 0 Å². The van der Waals surface area contributed by atoms with Crippen molar-refractivity contribution in [3.63, 3.8) is 0 Å². The minimum atomic E-state index is -0.497. The molecule has 2 aromatic carbocycles. The van der Waals surface area contributed by atoms with Gasteiger partial charge in [0.15, 0.2) is 11.5 Å². The average molecular weight is 367 g/mol. The van der Waals surface area contributed by atoms with Crippen molar-refractivity contribution in [2.24, 2.45) is 0 Å². The topological polar surface area (TPSA) is 72.5 Å². The number of carbonyl (C=O) groups excluding carboxylic acids is 1. The molecular formula is C20H18FN3O3. The molecule has 0 radical (unpaired) electrons. The molecule has 0 bridgehead atoms. The highest BCUT2D eigenvalue weighted by Crippen LogP contribution is 2.30. The van der Waals surface area contributed by atoms with Gasteiger partial charge in [-0.1, -0.05) is 12.1 Å². The van der Waals surface area contributed by atoms with Crippen molar-refractivity contribution >= 4 is 23.1 Å². The summed E-state index contributed by atoms with van der Waals surface area (Å²) in [5.74, 6) is 0.704. The highest BCUT2D eigenvalue weighted by atomic mass is 19.1. The Morgan fingerprint density at radius 2 is 1.78 bits per heavy atom. The molecule has 27 heavy (non-hydrogen) atoms. The lowest BCUT2D eigenvalue weighted by Crippen LogP contribution is -2.13. The second kappa shape index (κ2) is 8.18. The summed E-state index contributed by atoms with van der Waals surface area (Å²) in [6, 6.07) is 14.4. The van der Waals surface area contributed by atoms with Gasteiger partial charge in [0.25, 0.3) is 5.91 Å². The lowest BCUT2D eigenvalue weighted by molar-refractivity contribution is 0.102. The molecule has 3 rings (SSSR count). The monoisotopic (exact) mass is 367 g/mol. The number of ether oxygens (including phenoxy) is 2. The van der Waals surface area contributed by atoms with Crippen LogP contribution in [0, 0.1) is 5.82 Å². The maximum atomic E-state index is 13.7. The second-order valence-electron chi connectivity index (χ2n) is 5.56. The molecule has 0 saturated carbocycles. The van der Waals surface area contributed by atoms with E-state index in [0.29, 0.717) is 28.6 Å². The Kier molecular flexibility index (Phi) is 5.51. The lowest BCUT2D eigenvalue weighted by atomic mass is 10.2. The van der Waals surface area contributed by atoms with Gasteiger partial charge in [-0.15, -0.1) is 0 Å². The van der Waals surface area contributed by atoms with Crippen LogP contribution in [-0.4, -0.2) is 25.1 Å². The Morgan fingerprint density at radius 1 is 1.00 bits per heavy atom. The number of anilines is 3. The van der Waals surface area contributed by atoms with E-state index in [0.717, 1.165) is 0 Å².